The Bertz CT molecular complexity index is 956. The minimum absolute atomic E-state index is 0.155. The van der Waals surface area contributed by atoms with Crippen LogP contribution in [0, 0.1) is 0 Å². The van der Waals surface area contributed by atoms with E-state index < -0.39 is 0 Å². The first kappa shape index (κ1) is 13.9. The van der Waals surface area contributed by atoms with Gasteiger partial charge >= 0.3 is 0 Å². The van der Waals surface area contributed by atoms with Crippen molar-refractivity contribution in [3.05, 3.63) is 60.5 Å². The number of carbonyl (C=O) groups excluding carboxylic acids is 1. The molecule has 8 heteroatoms. The van der Waals surface area contributed by atoms with Gasteiger partial charge in [0.2, 0.25) is 5.95 Å². The average molecular weight is 320 g/mol. The fourth-order valence-electron chi connectivity index (χ4n) is 2.20. The zero-order chi connectivity index (χ0) is 16.4. The third-order valence-corrected chi connectivity index (χ3v) is 3.36. The quantitative estimate of drug-likeness (QED) is 0.535. The van der Waals surface area contributed by atoms with Crippen LogP contribution in [0.15, 0.2) is 59.2 Å². The second kappa shape index (κ2) is 5.84. The number of aromatic amines is 2. The van der Waals surface area contributed by atoms with Gasteiger partial charge in [0.05, 0.1) is 12.0 Å². The van der Waals surface area contributed by atoms with Crippen LogP contribution < -0.4 is 5.32 Å². The van der Waals surface area contributed by atoms with Crippen molar-refractivity contribution in [1.82, 2.24) is 25.4 Å². The Morgan fingerprint density at radius 2 is 1.92 bits per heavy atom. The number of hydrogen-bond acceptors (Lipinski definition) is 5. The largest absolute Gasteiger partial charge is 0.461 e. The maximum Gasteiger partial charge on any atom is 0.276 e. The Hall–Kier alpha value is -3.68. The fourth-order valence-corrected chi connectivity index (χ4v) is 2.20. The second-order valence-corrected chi connectivity index (χ2v) is 4.97. The van der Waals surface area contributed by atoms with E-state index in [1.165, 1.54) is 6.26 Å². The molecular formula is C16H12N6O2. The summed E-state index contributed by atoms with van der Waals surface area (Å²) in [5.74, 6) is 0.748. The average Bonchev–Trinajstić information content (AvgIpc) is 3.36. The highest BCUT2D eigenvalue weighted by Gasteiger charge is 2.14. The minimum Gasteiger partial charge on any atom is -0.461 e. The zero-order valence-corrected chi connectivity index (χ0v) is 12.4. The predicted octanol–water partition coefficient (Wildman–Crippen LogP) is 2.71. The van der Waals surface area contributed by atoms with Crippen molar-refractivity contribution in [2.75, 3.05) is 5.32 Å². The number of benzene rings is 1. The van der Waals surface area contributed by atoms with Crippen molar-refractivity contribution in [3.8, 4) is 22.8 Å². The van der Waals surface area contributed by atoms with Gasteiger partial charge in [-0.25, -0.2) is 0 Å². The van der Waals surface area contributed by atoms with Crippen LogP contribution in [0.4, 0.5) is 5.95 Å². The normalized spacial score (nSPS) is 10.7. The van der Waals surface area contributed by atoms with Gasteiger partial charge in [-0.05, 0) is 18.2 Å². The van der Waals surface area contributed by atoms with Gasteiger partial charge < -0.3 is 4.42 Å². The Balaban J connectivity index is 1.50. The summed E-state index contributed by atoms with van der Waals surface area (Å²) >= 11 is 0. The molecule has 0 spiro atoms. The van der Waals surface area contributed by atoms with Gasteiger partial charge in [0.15, 0.2) is 11.6 Å². The first-order valence-electron chi connectivity index (χ1n) is 7.18. The SMILES string of the molecule is O=C(Nc1n[nH]c(-c2ccco2)n1)c1cc(-c2ccccc2)n[nH]1. The Kier molecular flexibility index (Phi) is 3.39. The van der Waals surface area contributed by atoms with Crippen LogP contribution in [0.25, 0.3) is 22.8 Å². The summed E-state index contributed by atoms with van der Waals surface area (Å²) in [5, 5.41) is 16.1. The van der Waals surface area contributed by atoms with E-state index in [0.29, 0.717) is 23.0 Å². The molecule has 0 radical (unpaired) electrons. The highest BCUT2D eigenvalue weighted by Crippen LogP contribution is 2.18. The van der Waals surface area contributed by atoms with E-state index in [-0.39, 0.29) is 11.9 Å². The first-order valence-corrected chi connectivity index (χ1v) is 7.18. The number of H-pyrrole nitrogens is 2. The highest BCUT2D eigenvalue weighted by molar-refractivity contribution is 6.02. The molecule has 8 nitrogen and oxygen atoms in total. The maximum absolute atomic E-state index is 12.3. The van der Waals surface area contributed by atoms with E-state index in [4.69, 9.17) is 4.42 Å². The smallest absolute Gasteiger partial charge is 0.276 e. The molecule has 3 aromatic heterocycles. The molecule has 0 unspecified atom stereocenters. The molecule has 0 fully saturated rings. The second-order valence-electron chi connectivity index (χ2n) is 4.97. The van der Waals surface area contributed by atoms with Gasteiger partial charge in [0.1, 0.15) is 5.69 Å². The van der Waals surface area contributed by atoms with Gasteiger partial charge in [-0.15, -0.1) is 5.10 Å². The van der Waals surface area contributed by atoms with Crippen LogP contribution in [0.2, 0.25) is 0 Å². The summed E-state index contributed by atoms with van der Waals surface area (Å²) in [6.45, 7) is 0. The van der Waals surface area contributed by atoms with Gasteiger partial charge in [-0.3, -0.25) is 20.3 Å². The van der Waals surface area contributed by atoms with Crippen molar-refractivity contribution >= 4 is 11.9 Å². The minimum atomic E-state index is -0.380. The standard InChI is InChI=1S/C16H12N6O2/c23-15(12-9-11(19-20-12)10-5-2-1-3-6-10)18-16-17-14(21-22-16)13-7-4-8-24-13/h1-9H,(H,19,20)(H2,17,18,21,22,23). The lowest BCUT2D eigenvalue weighted by molar-refractivity contribution is 0.102. The molecular weight excluding hydrogens is 308 g/mol. The summed E-state index contributed by atoms with van der Waals surface area (Å²) in [7, 11) is 0. The molecule has 24 heavy (non-hydrogen) atoms. The predicted molar refractivity (Wildman–Crippen MR) is 86.1 cm³/mol. The molecule has 118 valence electrons. The van der Waals surface area contributed by atoms with Crippen LogP contribution in [-0.4, -0.2) is 31.3 Å². The molecule has 0 aliphatic rings. The van der Waals surface area contributed by atoms with Crippen LogP contribution >= 0.6 is 0 Å². The molecule has 1 aromatic carbocycles. The molecule has 4 aromatic rings. The molecule has 0 atom stereocenters. The van der Waals surface area contributed by atoms with E-state index in [0.717, 1.165) is 5.56 Å². The summed E-state index contributed by atoms with van der Waals surface area (Å²) in [6, 6.07) is 14.7. The molecule has 0 aliphatic carbocycles. The summed E-state index contributed by atoms with van der Waals surface area (Å²) < 4.78 is 5.21. The molecule has 3 heterocycles. The van der Waals surface area contributed by atoms with E-state index >= 15 is 0 Å². The number of aromatic nitrogens is 5. The lowest BCUT2D eigenvalue weighted by Crippen LogP contribution is -2.13. The van der Waals surface area contributed by atoms with E-state index in [2.05, 4.69) is 30.7 Å². The number of carbonyl (C=O) groups is 1. The Morgan fingerprint density at radius 3 is 2.71 bits per heavy atom. The summed E-state index contributed by atoms with van der Waals surface area (Å²) in [5.41, 5.74) is 1.93. The lowest BCUT2D eigenvalue weighted by atomic mass is 10.1. The van der Waals surface area contributed by atoms with Gasteiger partial charge in [-0.2, -0.15) is 10.1 Å². The third-order valence-electron chi connectivity index (χ3n) is 3.36. The molecule has 0 bridgehead atoms. The van der Waals surface area contributed by atoms with Crippen molar-refractivity contribution in [1.29, 1.82) is 0 Å². The van der Waals surface area contributed by atoms with E-state index in [9.17, 15) is 4.79 Å². The summed E-state index contributed by atoms with van der Waals surface area (Å²) in [6.07, 6.45) is 1.53. The highest BCUT2D eigenvalue weighted by atomic mass is 16.3. The van der Waals surface area contributed by atoms with Crippen molar-refractivity contribution in [2.45, 2.75) is 0 Å². The van der Waals surface area contributed by atoms with Gasteiger partial charge in [-0.1, -0.05) is 30.3 Å². The third kappa shape index (κ3) is 2.68. The summed E-state index contributed by atoms with van der Waals surface area (Å²) in [4.78, 5) is 16.4. The Labute approximate surface area is 135 Å². The number of anilines is 1. The Morgan fingerprint density at radius 1 is 1.04 bits per heavy atom. The van der Waals surface area contributed by atoms with Crippen LogP contribution in [-0.2, 0) is 0 Å². The van der Waals surface area contributed by atoms with Crippen molar-refractivity contribution in [3.63, 3.8) is 0 Å². The fraction of sp³-hybridized carbons (Fsp3) is 0. The number of rotatable bonds is 4. The van der Waals surface area contributed by atoms with Crippen LogP contribution in [0.5, 0.6) is 0 Å². The molecule has 4 rings (SSSR count). The first-order chi connectivity index (χ1) is 11.8. The molecule has 0 saturated heterocycles. The monoisotopic (exact) mass is 320 g/mol. The van der Waals surface area contributed by atoms with Crippen LogP contribution in [0.3, 0.4) is 0 Å². The number of nitrogens with one attached hydrogen (secondary N) is 3. The van der Waals surface area contributed by atoms with Crippen LogP contribution in [0.1, 0.15) is 10.5 Å². The van der Waals surface area contributed by atoms with Gasteiger partial charge in [0, 0.05) is 5.56 Å². The molecule has 3 N–H and O–H groups in total. The number of nitrogens with zero attached hydrogens (tertiary/aromatic N) is 3. The molecule has 0 aliphatic heterocycles. The number of amides is 1. The molecule has 1 amide bonds. The zero-order valence-electron chi connectivity index (χ0n) is 12.4. The number of furan rings is 1. The topological polar surface area (TPSA) is 112 Å². The van der Waals surface area contributed by atoms with E-state index in [1.54, 1.807) is 18.2 Å². The van der Waals surface area contributed by atoms with Crippen molar-refractivity contribution < 1.29 is 9.21 Å². The maximum atomic E-state index is 12.3. The van der Waals surface area contributed by atoms with Gasteiger partial charge in [0.25, 0.3) is 5.91 Å². The van der Waals surface area contributed by atoms with Crippen molar-refractivity contribution in [2.24, 2.45) is 0 Å². The number of hydrogen-bond donors (Lipinski definition) is 3. The molecule has 0 saturated carbocycles. The lowest BCUT2D eigenvalue weighted by Gasteiger charge is -1.96. The van der Waals surface area contributed by atoms with E-state index in [1.807, 2.05) is 30.3 Å².